The highest BCUT2D eigenvalue weighted by atomic mass is 32.2. The maximum atomic E-state index is 14.1. The molecule has 2 N–H and O–H groups in total. The van der Waals surface area contributed by atoms with E-state index in [-0.39, 0.29) is 18.4 Å². The molecular weight excluding hydrogens is 423 g/mol. The number of thiophene rings is 1. The van der Waals surface area contributed by atoms with Gasteiger partial charge >= 0.3 is 0 Å². The molecule has 0 bridgehead atoms. The number of hydrogen-bond acceptors (Lipinski definition) is 5. The maximum Gasteiger partial charge on any atom is 0.250 e. The van der Waals surface area contributed by atoms with E-state index in [9.17, 15) is 12.8 Å². The Morgan fingerprint density at radius 3 is 2.60 bits per heavy atom. The first-order chi connectivity index (χ1) is 14.5. The first-order valence-electron chi connectivity index (χ1n) is 9.82. The van der Waals surface area contributed by atoms with Gasteiger partial charge in [-0.15, -0.1) is 11.3 Å². The zero-order valence-electron chi connectivity index (χ0n) is 16.4. The summed E-state index contributed by atoms with van der Waals surface area (Å²) in [4.78, 5) is 7.53. The van der Waals surface area contributed by atoms with Gasteiger partial charge in [0.25, 0.3) is 0 Å². The monoisotopic (exact) mass is 447 g/mol. The van der Waals surface area contributed by atoms with Crippen LogP contribution in [0.3, 0.4) is 0 Å². The standard InChI is InChI=1S/C21H23FN4O2S2/c22-18-6-1-2-7-19(18)25-10-12-26(13-11-25)20(17-5-3-9-23-15-17)16-24-30(27,28)21-8-4-14-29-21/h1-9,14-15,20,24H,10-13,16H2/p+1. The Morgan fingerprint density at radius 2 is 1.93 bits per heavy atom. The van der Waals surface area contributed by atoms with Gasteiger partial charge in [0.15, 0.2) is 0 Å². The largest absolute Gasteiger partial charge is 0.358 e. The predicted octanol–water partition coefficient (Wildman–Crippen LogP) is 1.71. The summed E-state index contributed by atoms with van der Waals surface area (Å²) < 4.78 is 42.5. The van der Waals surface area contributed by atoms with Gasteiger partial charge in [-0.25, -0.2) is 17.5 Å². The van der Waals surface area contributed by atoms with Crippen molar-refractivity contribution >= 4 is 27.0 Å². The Hall–Kier alpha value is -2.33. The van der Waals surface area contributed by atoms with Crippen LogP contribution < -0.4 is 14.5 Å². The van der Waals surface area contributed by atoms with Crippen LogP contribution in [0.2, 0.25) is 0 Å². The maximum absolute atomic E-state index is 14.1. The van der Waals surface area contributed by atoms with Crippen molar-refractivity contribution in [3.8, 4) is 0 Å². The van der Waals surface area contributed by atoms with Crippen LogP contribution in [0.5, 0.6) is 0 Å². The minimum absolute atomic E-state index is 0.0730. The third-order valence-corrected chi connectivity index (χ3v) is 8.24. The van der Waals surface area contributed by atoms with E-state index in [2.05, 4.69) is 14.6 Å². The van der Waals surface area contributed by atoms with Crippen LogP contribution in [0.15, 0.2) is 70.5 Å². The number of pyridine rings is 1. The molecule has 1 aromatic carbocycles. The molecule has 1 fully saturated rings. The van der Waals surface area contributed by atoms with Gasteiger partial charge in [0.1, 0.15) is 16.1 Å². The smallest absolute Gasteiger partial charge is 0.250 e. The van der Waals surface area contributed by atoms with Crippen LogP contribution in [0.4, 0.5) is 10.1 Å². The Balaban J connectivity index is 1.48. The van der Waals surface area contributed by atoms with Crippen LogP contribution in [-0.2, 0) is 10.0 Å². The SMILES string of the molecule is O=S(=O)(NCC(c1cccnc1)[NH+]1CCN(c2ccccc2F)CC1)c1cccs1. The fourth-order valence-electron chi connectivity index (χ4n) is 3.85. The van der Waals surface area contributed by atoms with Gasteiger partial charge < -0.3 is 9.80 Å². The van der Waals surface area contributed by atoms with E-state index in [1.54, 1.807) is 42.0 Å². The molecule has 1 aliphatic rings. The summed E-state index contributed by atoms with van der Waals surface area (Å²) in [5.41, 5.74) is 1.61. The molecule has 6 nitrogen and oxygen atoms in total. The highest BCUT2D eigenvalue weighted by molar-refractivity contribution is 7.91. The number of aromatic nitrogens is 1. The number of nitrogens with one attached hydrogen (secondary N) is 2. The zero-order valence-corrected chi connectivity index (χ0v) is 18.0. The lowest BCUT2D eigenvalue weighted by Crippen LogP contribution is -3.15. The molecule has 2 aromatic heterocycles. The van der Waals surface area contributed by atoms with E-state index in [0.29, 0.717) is 23.0 Å². The zero-order chi connectivity index (χ0) is 21.0. The fourth-order valence-corrected chi connectivity index (χ4v) is 5.94. The molecule has 1 aliphatic heterocycles. The van der Waals surface area contributed by atoms with Crippen molar-refractivity contribution < 1.29 is 17.7 Å². The van der Waals surface area contributed by atoms with Crippen LogP contribution in [-0.4, -0.2) is 46.1 Å². The quantitative estimate of drug-likeness (QED) is 0.579. The molecule has 0 radical (unpaired) electrons. The second-order valence-electron chi connectivity index (χ2n) is 7.22. The molecule has 1 saturated heterocycles. The molecule has 1 atom stereocenters. The molecule has 0 saturated carbocycles. The Bertz CT molecular complexity index is 1050. The molecule has 4 rings (SSSR count). The number of rotatable bonds is 7. The van der Waals surface area contributed by atoms with Crippen molar-refractivity contribution in [3.05, 3.63) is 77.7 Å². The van der Waals surface area contributed by atoms with Gasteiger partial charge in [-0.3, -0.25) is 4.98 Å². The van der Waals surface area contributed by atoms with E-state index in [0.717, 1.165) is 18.7 Å². The minimum atomic E-state index is -3.54. The molecule has 1 unspecified atom stereocenters. The second kappa shape index (κ2) is 9.22. The highest BCUT2D eigenvalue weighted by Gasteiger charge is 2.31. The van der Waals surface area contributed by atoms with E-state index < -0.39 is 10.0 Å². The number of nitrogens with zero attached hydrogens (tertiary/aromatic N) is 2. The van der Waals surface area contributed by atoms with Gasteiger partial charge in [-0.2, -0.15) is 0 Å². The Labute approximate surface area is 180 Å². The first kappa shape index (κ1) is 20.9. The molecule has 3 heterocycles. The molecule has 0 amide bonds. The summed E-state index contributed by atoms with van der Waals surface area (Å²) in [5, 5.41) is 1.75. The third-order valence-electron chi connectivity index (χ3n) is 5.42. The molecular formula is C21H24FN4O2S2+. The molecule has 9 heteroatoms. The average Bonchev–Trinajstić information content (AvgIpc) is 3.32. The first-order valence-corrected chi connectivity index (χ1v) is 12.2. The molecule has 158 valence electrons. The number of sulfonamides is 1. The number of benzene rings is 1. The number of hydrogen-bond donors (Lipinski definition) is 2. The minimum Gasteiger partial charge on any atom is -0.358 e. The lowest BCUT2D eigenvalue weighted by atomic mass is 10.1. The number of quaternary nitrogens is 1. The van der Waals surface area contributed by atoms with Crippen molar-refractivity contribution in [1.82, 2.24) is 9.71 Å². The third kappa shape index (κ3) is 4.70. The van der Waals surface area contributed by atoms with Crippen molar-refractivity contribution in [1.29, 1.82) is 0 Å². The second-order valence-corrected chi connectivity index (χ2v) is 10.2. The van der Waals surface area contributed by atoms with Crippen LogP contribution in [0.1, 0.15) is 11.6 Å². The topological polar surface area (TPSA) is 66.7 Å². The number of para-hydroxylation sites is 1. The van der Waals surface area contributed by atoms with Crippen LogP contribution in [0.25, 0.3) is 0 Å². The number of piperazine rings is 1. The van der Waals surface area contributed by atoms with Crippen molar-refractivity contribution in [2.45, 2.75) is 10.3 Å². The summed E-state index contributed by atoms with van der Waals surface area (Å²) in [5.74, 6) is -0.214. The average molecular weight is 448 g/mol. The van der Waals surface area contributed by atoms with E-state index in [1.807, 2.05) is 18.2 Å². The van der Waals surface area contributed by atoms with E-state index in [4.69, 9.17) is 0 Å². The van der Waals surface area contributed by atoms with Gasteiger partial charge in [-0.05, 0) is 35.7 Å². The van der Waals surface area contributed by atoms with Crippen LogP contribution in [0, 0.1) is 5.82 Å². The predicted molar refractivity (Wildman–Crippen MR) is 116 cm³/mol. The van der Waals surface area contributed by atoms with Gasteiger partial charge in [0.05, 0.1) is 38.4 Å². The Morgan fingerprint density at radius 1 is 1.13 bits per heavy atom. The lowest BCUT2D eigenvalue weighted by Gasteiger charge is -2.37. The van der Waals surface area contributed by atoms with Gasteiger partial charge in [-0.1, -0.05) is 18.2 Å². The van der Waals surface area contributed by atoms with Crippen molar-refractivity contribution in [3.63, 3.8) is 0 Å². The normalized spacial score (nSPS) is 16.5. The summed E-state index contributed by atoms with van der Waals surface area (Å²) in [6.07, 6.45) is 3.50. The fraction of sp³-hybridized carbons (Fsp3) is 0.286. The van der Waals surface area contributed by atoms with Crippen molar-refractivity contribution in [2.75, 3.05) is 37.6 Å². The molecule has 0 spiro atoms. The summed E-state index contributed by atoms with van der Waals surface area (Å²) in [6, 6.07) is 13.9. The number of anilines is 1. The molecule has 3 aromatic rings. The van der Waals surface area contributed by atoms with E-state index in [1.165, 1.54) is 22.3 Å². The van der Waals surface area contributed by atoms with Crippen molar-refractivity contribution in [2.24, 2.45) is 0 Å². The Kier molecular flexibility index (Phi) is 6.43. The summed E-state index contributed by atoms with van der Waals surface area (Å²) >= 11 is 1.20. The van der Waals surface area contributed by atoms with E-state index >= 15 is 0 Å². The highest BCUT2D eigenvalue weighted by Crippen LogP contribution is 2.19. The summed E-state index contributed by atoms with van der Waals surface area (Å²) in [7, 11) is -3.54. The molecule has 0 aliphatic carbocycles. The number of halogens is 1. The molecule has 30 heavy (non-hydrogen) atoms. The van der Waals surface area contributed by atoms with Crippen LogP contribution >= 0.6 is 11.3 Å². The lowest BCUT2D eigenvalue weighted by molar-refractivity contribution is -0.930. The van der Waals surface area contributed by atoms with Gasteiger partial charge in [0.2, 0.25) is 10.0 Å². The van der Waals surface area contributed by atoms with Gasteiger partial charge in [0, 0.05) is 18.0 Å². The summed E-state index contributed by atoms with van der Waals surface area (Å²) in [6.45, 7) is 3.22.